The second-order valence-corrected chi connectivity index (χ2v) is 13.1. The van der Waals surface area contributed by atoms with E-state index in [1.807, 2.05) is 30.3 Å². The van der Waals surface area contributed by atoms with Gasteiger partial charge in [-0.25, -0.2) is 4.79 Å². The topological polar surface area (TPSA) is 67.9 Å². The van der Waals surface area contributed by atoms with E-state index in [1.54, 1.807) is 0 Å². The van der Waals surface area contributed by atoms with Gasteiger partial charge < -0.3 is 14.5 Å². The summed E-state index contributed by atoms with van der Waals surface area (Å²) in [6.45, 7) is 11.9. The van der Waals surface area contributed by atoms with Crippen molar-refractivity contribution in [1.82, 2.24) is 10.2 Å². The van der Waals surface area contributed by atoms with Crippen LogP contribution in [0.3, 0.4) is 0 Å². The SMILES string of the molecule is CC(C)(C)[Si](C)(C)OC[C@H]1CN(C(=O)OCc2ccccc2)CC(=O)N1. The predicted octanol–water partition coefficient (Wildman–Crippen LogP) is 3.15. The summed E-state index contributed by atoms with van der Waals surface area (Å²) in [4.78, 5) is 25.7. The van der Waals surface area contributed by atoms with Crippen LogP contribution < -0.4 is 5.32 Å². The summed E-state index contributed by atoms with van der Waals surface area (Å²) in [5.41, 5.74) is 0.917. The van der Waals surface area contributed by atoms with E-state index in [0.29, 0.717) is 13.2 Å². The highest BCUT2D eigenvalue weighted by atomic mass is 28.4. The average molecular weight is 379 g/mol. The molecule has 1 saturated heterocycles. The Balaban J connectivity index is 1.88. The van der Waals surface area contributed by atoms with Crippen LogP contribution in [0.2, 0.25) is 18.1 Å². The van der Waals surface area contributed by atoms with Crippen molar-refractivity contribution in [2.24, 2.45) is 0 Å². The molecule has 0 spiro atoms. The molecule has 0 unspecified atom stereocenters. The van der Waals surface area contributed by atoms with E-state index in [9.17, 15) is 9.59 Å². The van der Waals surface area contributed by atoms with E-state index in [2.05, 4.69) is 39.2 Å². The largest absolute Gasteiger partial charge is 0.445 e. The van der Waals surface area contributed by atoms with Crippen LogP contribution >= 0.6 is 0 Å². The van der Waals surface area contributed by atoms with Crippen molar-refractivity contribution in [2.75, 3.05) is 19.7 Å². The first-order valence-corrected chi connectivity index (χ1v) is 11.9. The maximum absolute atomic E-state index is 12.3. The van der Waals surface area contributed by atoms with Gasteiger partial charge in [0, 0.05) is 6.54 Å². The van der Waals surface area contributed by atoms with Crippen LogP contribution in [0, 0.1) is 0 Å². The first-order valence-electron chi connectivity index (χ1n) is 8.97. The third-order valence-electron chi connectivity index (χ3n) is 5.06. The van der Waals surface area contributed by atoms with Gasteiger partial charge in [-0.15, -0.1) is 0 Å². The fourth-order valence-corrected chi connectivity index (χ4v) is 3.44. The average Bonchev–Trinajstić information content (AvgIpc) is 2.57. The molecule has 1 N–H and O–H groups in total. The van der Waals surface area contributed by atoms with E-state index in [0.717, 1.165) is 5.56 Å². The summed E-state index contributed by atoms with van der Waals surface area (Å²) in [7, 11) is -1.91. The Morgan fingerprint density at radius 2 is 1.92 bits per heavy atom. The molecule has 7 heteroatoms. The number of piperazine rings is 1. The quantitative estimate of drug-likeness (QED) is 0.799. The molecule has 0 saturated carbocycles. The van der Waals surface area contributed by atoms with Crippen molar-refractivity contribution in [1.29, 1.82) is 0 Å². The number of hydrogen-bond acceptors (Lipinski definition) is 4. The van der Waals surface area contributed by atoms with Gasteiger partial charge in [-0.05, 0) is 23.7 Å². The first-order chi connectivity index (χ1) is 12.1. The van der Waals surface area contributed by atoms with Gasteiger partial charge in [0.1, 0.15) is 13.2 Å². The molecule has 2 rings (SSSR count). The van der Waals surface area contributed by atoms with Crippen molar-refractivity contribution in [3.63, 3.8) is 0 Å². The Kier molecular flexibility index (Phi) is 6.47. The second-order valence-electron chi connectivity index (χ2n) is 8.26. The normalized spacial score (nSPS) is 18.4. The smallest absolute Gasteiger partial charge is 0.410 e. The molecule has 1 fully saturated rings. The Hall–Kier alpha value is -1.86. The molecule has 0 bridgehead atoms. The standard InChI is InChI=1S/C19H30N2O4Si/c1-19(2,3)26(4,5)25-14-16-11-21(12-17(22)20-16)18(23)24-13-15-9-7-6-8-10-15/h6-10,16H,11-14H2,1-5H3,(H,20,22)/t16-/m1/s1. The summed E-state index contributed by atoms with van der Waals surface area (Å²) in [6, 6.07) is 9.28. The number of amides is 2. The van der Waals surface area contributed by atoms with Crippen molar-refractivity contribution in [2.45, 2.75) is 51.6 Å². The predicted molar refractivity (Wildman–Crippen MR) is 103 cm³/mol. The van der Waals surface area contributed by atoms with E-state index in [4.69, 9.17) is 9.16 Å². The monoisotopic (exact) mass is 378 g/mol. The van der Waals surface area contributed by atoms with Gasteiger partial charge in [-0.3, -0.25) is 9.69 Å². The highest BCUT2D eigenvalue weighted by Crippen LogP contribution is 2.36. The van der Waals surface area contributed by atoms with Crippen LogP contribution in [0.15, 0.2) is 30.3 Å². The highest BCUT2D eigenvalue weighted by Gasteiger charge is 2.38. The van der Waals surface area contributed by atoms with Crippen molar-refractivity contribution >= 4 is 20.3 Å². The molecule has 1 heterocycles. The van der Waals surface area contributed by atoms with E-state index < -0.39 is 14.4 Å². The second kappa shape index (κ2) is 8.22. The molecule has 26 heavy (non-hydrogen) atoms. The van der Waals surface area contributed by atoms with E-state index >= 15 is 0 Å². The number of nitrogens with one attached hydrogen (secondary N) is 1. The zero-order valence-electron chi connectivity index (χ0n) is 16.4. The first kappa shape index (κ1) is 20.4. The third-order valence-corrected chi connectivity index (χ3v) is 9.56. The van der Waals surface area contributed by atoms with Crippen LogP contribution in [0.4, 0.5) is 4.79 Å². The number of carbonyl (C=O) groups is 2. The minimum atomic E-state index is -1.91. The number of rotatable bonds is 5. The molecule has 6 nitrogen and oxygen atoms in total. The molecular weight excluding hydrogens is 348 g/mol. The number of benzene rings is 1. The van der Waals surface area contributed by atoms with Crippen LogP contribution in [0.25, 0.3) is 0 Å². The number of ether oxygens (including phenoxy) is 1. The molecule has 0 aliphatic carbocycles. The van der Waals surface area contributed by atoms with E-state index in [-0.39, 0.29) is 30.1 Å². The molecule has 2 amide bonds. The summed E-state index contributed by atoms with van der Waals surface area (Å²) in [6.07, 6.45) is -0.471. The summed E-state index contributed by atoms with van der Waals surface area (Å²) < 4.78 is 11.5. The maximum Gasteiger partial charge on any atom is 0.410 e. The fraction of sp³-hybridized carbons (Fsp3) is 0.579. The van der Waals surface area contributed by atoms with Crippen LogP contribution in [0.5, 0.6) is 0 Å². The minimum Gasteiger partial charge on any atom is -0.445 e. The summed E-state index contributed by atoms with van der Waals surface area (Å²) >= 11 is 0. The lowest BCUT2D eigenvalue weighted by atomic mass is 10.2. The highest BCUT2D eigenvalue weighted by molar-refractivity contribution is 6.74. The molecule has 1 aromatic carbocycles. The lowest BCUT2D eigenvalue weighted by Crippen LogP contribution is -2.58. The Bertz CT molecular complexity index is 628. The zero-order chi connectivity index (χ0) is 19.4. The molecule has 0 aromatic heterocycles. The van der Waals surface area contributed by atoms with Gasteiger partial charge >= 0.3 is 6.09 Å². The van der Waals surface area contributed by atoms with Crippen LogP contribution in [-0.2, 0) is 20.6 Å². The lowest BCUT2D eigenvalue weighted by molar-refractivity contribution is -0.125. The lowest BCUT2D eigenvalue weighted by Gasteiger charge is -2.39. The zero-order valence-corrected chi connectivity index (χ0v) is 17.4. The van der Waals surface area contributed by atoms with Gasteiger partial charge in [0.25, 0.3) is 0 Å². The van der Waals surface area contributed by atoms with Crippen molar-refractivity contribution in [3.05, 3.63) is 35.9 Å². The van der Waals surface area contributed by atoms with Gasteiger partial charge in [0.15, 0.2) is 8.32 Å². The Labute approximate surface area is 157 Å². The third kappa shape index (κ3) is 5.57. The van der Waals surface area contributed by atoms with Crippen molar-refractivity contribution < 1.29 is 18.8 Å². The molecule has 1 aromatic rings. The molecule has 1 aliphatic heterocycles. The van der Waals surface area contributed by atoms with Crippen molar-refractivity contribution in [3.8, 4) is 0 Å². The Morgan fingerprint density at radius 3 is 2.54 bits per heavy atom. The van der Waals surface area contributed by atoms with Gasteiger partial charge in [0.2, 0.25) is 5.91 Å². The van der Waals surface area contributed by atoms with Crippen LogP contribution in [0.1, 0.15) is 26.3 Å². The summed E-state index contributed by atoms with van der Waals surface area (Å²) in [5, 5.41) is 3.01. The number of hydrogen-bond donors (Lipinski definition) is 1. The number of carbonyl (C=O) groups excluding carboxylic acids is 2. The summed E-state index contributed by atoms with van der Waals surface area (Å²) in [5.74, 6) is -0.184. The van der Waals surface area contributed by atoms with Gasteiger partial charge in [-0.1, -0.05) is 51.1 Å². The fourth-order valence-electron chi connectivity index (χ4n) is 2.39. The van der Waals surface area contributed by atoms with E-state index in [1.165, 1.54) is 4.90 Å². The molecule has 1 atom stereocenters. The van der Waals surface area contributed by atoms with Gasteiger partial charge in [-0.2, -0.15) is 0 Å². The number of nitrogens with zero attached hydrogens (tertiary/aromatic N) is 1. The van der Waals surface area contributed by atoms with Gasteiger partial charge in [0.05, 0.1) is 12.6 Å². The van der Waals surface area contributed by atoms with Crippen LogP contribution in [-0.4, -0.2) is 51.0 Å². The maximum atomic E-state index is 12.3. The molecule has 144 valence electrons. The molecule has 0 radical (unpaired) electrons. The molecule has 1 aliphatic rings. The Morgan fingerprint density at radius 1 is 1.27 bits per heavy atom. The molecular formula is C19H30N2O4Si. The minimum absolute atomic E-state index is 0.0181.